The molecule has 2 aromatic heterocycles. The molecule has 0 N–H and O–H groups in total. The highest BCUT2D eigenvalue weighted by atomic mass is 16.5. The van der Waals surface area contributed by atoms with Gasteiger partial charge in [0.1, 0.15) is 17.3 Å². The van der Waals surface area contributed by atoms with Gasteiger partial charge in [-0.2, -0.15) is 0 Å². The number of fused-ring (bicyclic) bond motifs is 6. The van der Waals surface area contributed by atoms with E-state index in [4.69, 9.17) is 9.47 Å². The molecule has 0 unspecified atom stereocenters. The summed E-state index contributed by atoms with van der Waals surface area (Å²) in [7, 11) is 1.70. The maximum atomic E-state index is 6.05. The Morgan fingerprint density at radius 1 is 0.562 bits per heavy atom. The van der Waals surface area contributed by atoms with E-state index in [-0.39, 0.29) is 0 Å². The molecule has 4 heteroatoms. The van der Waals surface area contributed by atoms with Crippen molar-refractivity contribution < 1.29 is 9.47 Å². The highest BCUT2D eigenvalue weighted by Gasteiger charge is 2.16. The summed E-state index contributed by atoms with van der Waals surface area (Å²) in [6.07, 6.45) is 5.98. The average Bonchev–Trinajstić information content (AvgIpc) is 3.65. The van der Waals surface area contributed by atoms with Gasteiger partial charge in [-0.15, -0.1) is 0 Å². The van der Waals surface area contributed by atoms with Crippen LogP contribution in [0, 0.1) is 0 Å². The maximum Gasteiger partial charge on any atom is 0.126 e. The van der Waals surface area contributed by atoms with Gasteiger partial charge in [-0.25, -0.2) is 0 Å². The van der Waals surface area contributed by atoms with E-state index in [0.29, 0.717) is 0 Å². The van der Waals surface area contributed by atoms with Crippen LogP contribution in [0.15, 0.2) is 170 Å². The molecule has 6 aromatic carbocycles. The predicted molar refractivity (Wildman–Crippen MR) is 201 cm³/mol. The van der Waals surface area contributed by atoms with E-state index in [1.165, 1.54) is 27.1 Å². The molecule has 232 valence electrons. The molecule has 0 radical (unpaired) electrons. The van der Waals surface area contributed by atoms with Crippen molar-refractivity contribution >= 4 is 49.3 Å². The summed E-state index contributed by atoms with van der Waals surface area (Å²) in [5.74, 6) is 2.45. The monoisotopic (exact) mass is 622 g/mol. The summed E-state index contributed by atoms with van der Waals surface area (Å²) in [5, 5.41) is 4.83. The van der Waals surface area contributed by atoms with Crippen LogP contribution in [0.3, 0.4) is 0 Å². The summed E-state index contributed by atoms with van der Waals surface area (Å²) in [6, 6.07) is 48.8. The first-order valence-electron chi connectivity index (χ1n) is 16.1. The van der Waals surface area contributed by atoms with Crippen LogP contribution < -0.4 is 9.47 Å². The van der Waals surface area contributed by atoms with Crippen LogP contribution >= 0.6 is 0 Å². The molecule has 0 saturated heterocycles. The summed E-state index contributed by atoms with van der Waals surface area (Å²) < 4.78 is 16.1. The number of methoxy groups -OCH3 is 1. The van der Waals surface area contributed by atoms with Crippen LogP contribution in [0.4, 0.5) is 0 Å². The lowest BCUT2D eigenvalue weighted by Crippen LogP contribution is -1.95. The van der Waals surface area contributed by atoms with Crippen molar-refractivity contribution in [3.63, 3.8) is 0 Å². The third kappa shape index (κ3) is 5.04. The lowest BCUT2D eigenvalue weighted by atomic mass is 10.0. The molecule has 8 aromatic rings. The molecule has 48 heavy (non-hydrogen) atoms. The second kappa shape index (κ2) is 12.2. The van der Waals surface area contributed by atoms with E-state index in [1.807, 2.05) is 61.5 Å². The zero-order chi connectivity index (χ0) is 32.6. The molecule has 0 saturated carbocycles. The molecule has 0 fully saturated rings. The second-order valence-corrected chi connectivity index (χ2v) is 11.9. The number of allylic oxidation sites excluding steroid dienone is 5. The number of benzene rings is 6. The van der Waals surface area contributed by atoms with E-state index in [9.17, 15) is 0 Å². The van der Waals surface area contributed by atoms with Gasteiger partial charge >= 0.3 is 0 Å². The maximum absolute atomic E-state index is 6.05. The molecule has 0 bridgehead atoms. The molecule has 0 aliphatic heterocycles. The minimum absolute atomic E-state index is 0.795. The van der Waals surface area contributed by atoms with Gasteiger partial charge in [-0.05, 0) is 103 Å². The third-order valence-corrected chi connectivity index (χ3v) is 8.99. The van der Waals surface area contributed by atoms with Gasteiger partial charge in [-0.1, -0.05) is 79.4 Å². The summed E-state index contributed by atoms with van der Waals surface area (Å²) >= 11 is 0. The Kier molecular flexibility index (Phi) is 7.39. The van der Waals surface area contributed by atoms with Crippen LogP contribution in [0.2, 0.25) is 0 Å². The molecule has 8 rings (SSSR count). The van der Waals surface area contributed by atoms with Crippen LogP contribution in [-0.4, -0.2) is 16.2 Å². The van der Waals surface area contributed by atoms with Gasteiger partial charge in [0.15, 0.2) is 0 Å². The zero-order valence-corrected chi connectivity index (χ0v) is 26.9. The minimum Gasteiger partial charge on any atom is -0.497 e. The molecule has 0 spiro atoms. The Bertz CT molecular complexity index is 2530. The van der Waals surface area contributed by atoms with E-state index in [2.05, 4.69) is 119 Å². The highest BCUT2D eigenvalue weighted by Crippen LogP contribution is 2.38. The summed E-state index contributed by atoms with van der Waals surface area (Å²) in [4.78, 5) is 0. The van der Waals surface area contributed by atoms with E-state index < -0.39 is 0 Å². The first-order valence-corrected chi connectivity index (χ1v) is 16.1. The van der Waals surface area contributed by atoms with Crippen molar-refractivity contribution in [2.75, 3.05) is 7.11 Å². The number of hydrogen-bond donors (Lipinski definition) is 0. The minimum atomic E-state index is 0.795. The van der Waals surface area contributed by atoms with Crippen LogP contribution in [-0.2, 0) is 0 Å². The number of hydrogen-bond acceptors (Lipinski definition) is 2. The summed E-state index contributed by atoms with van der Waals surface area (Å²) in [6.45, 7) is 6.17. The fourth-order valence-corrected chi connectivity index (χ4v) is 6.74. The van der Waals surface area contributed by atoms with Crippen LogP contribution in [0.1, 0.15) is 6.92 Å². The molecule has 0 aliphatic carbocycles. The Balaban J connectivity index is 1.26. The molecule has 2 heterocycles. The Morgan fingerprint density at radius 3 is 1.94 bits per heavy atom. The van der Waals surface area contributed by atoms with Crippen molar-refractivity contribution in [2.24, 2.45) is 0 Å². The Labute approximate surface area is 279 Å². The van der Waals surface area contributed by atoms with Crippen LogP contribution in [0.25, 0.3) is 66.1 Å². The average molecular weight is 623 g/mol. The number of ether oxygens (including phenoxy) is 2. The number of rotatable bonds is 8. The molecular weight excluding hydrogens is 588 g/mol. The normalized spacial score (nSPS) is 12.3. The van der Waals surface area contributed by atoms with Crippen molar-refractivity contribution in [3.8, 4) is 28.3 Å². The van der Waals surface area contributed by atoms with Gasteiger partial charge < -0.3 is 18.6 Å². The molecule has 0 atom stereocenters. The molecule has 0 aliphatic rings. The van der Waals surface area contributed by atoms with Crippen LogP contribution in [0.5, 0.6) is 11.5 Å². The van der Waals surface area contributed by atoms with Gasteiger partial charge in [-0.3, -0.25) is 0 Å². The smallest absolute Gasteiger partial charge is 0.126 e. The number of para-hydroxylation sites is 3. The van der Waals surface area contributed by atoms with Crippen molar-refractivity contribution in [1.82, 2.24) is 9.13 Å². The van der Waals surface area contributed by atoms with Crippen molar-refractivity contribution in [2.45, 2.75) is 6.92 Å². The SMILES string of the molecule is C=C/C(=C\C=C(/C)Oc1ccccc1)n1c2ccccc2c2ccc(-c3ccc4c(c3)c3ccccc3n4-c3ccc(OC)cc3)cc21. The van der Waals surface area contributed by atoms with E-state index >= 15 is 0 Å². The van der Waals surface area contributed by atoms with Gasteiger partial charge in [0.25, 0.3) is 0 Å². The Morgan fingerprint density at radius 2 is 1.19 bits per heavy atom. The highest BCUT2D eigenvalue weighted by molar-refractivity contribution is 6.13. The zero-order valence-electron chi connectivity index (χ0n) is 26.9. The van der Waals surface area contributed by atoms with Gasteiger partial charge in [0.05, 0.1) is 29.2 Å². The molecule has 4 nitrogen and oxygen atoms in total. The molecular formula is C44H34N2O2. The topological polar surface area (TPSA) is 28.3 Å². The Hall–Kier alpha value is -6.26. The quantitative estimate of drug-likeness (QED) is 0.125. The largest absolute Gasteiger partial charge is 0.497 e. The fraction of sp³-hybridized carbons (Fsp3) is 0.0455. The fourth-order valence-electron chi connectivity index (χ4n) is 6.74. The van der Waals surface area contributed by atoms with Crippen molar-refractivity contribution in [3.05, 3.63) is 170 Å². The first-order chi connectivity index (χ1) is 23.6. The van der Waals surface area contributed by atoms with E-state index in [1.54, 1.807) is 7.11 Å². The molecule has 0 amide bonds. The van der Waals surface area contributed by atoms with Crippen molar-refractivity contribution in [1.29, 1.82) is 0 Å². The lowest BCUT2D eigenvalue weighted by molar-refractivity contribution is 0.415. The second-order valence-electron chi connectivity index (χ2n) is 11.9. The number of nitrogens with zero attached hydrogens (tertiary/aromatic N) is 2. The number of aromatic nitrogens is 2. The summed E-state index contributed by atoms with van der Waals surface area (Å²) in [5.41, 5.74) is 8.96. The van der Waals surface area contributed by atoms with Gasteiger partial charge in [0.2, 0.25) is 0 Å². The standard InChI is InChI=1S/C44H34N2O2/c1-4-33(21-18-30(2)48-36-12-6-5-7-13-36)45-41-16-10-8-14-37(41)39-26-19-32(29-44(39)45)31-20-27-43-40(28-31)38-15-9-11-17-42(38)46(43)34-22-24-35(47-3)25-23-34/h4-29H,1H2,2-3H3/b30-18+,33-21+. The van der Waals surface area contributed by atoms with Gasteiger partial charge in [0, 0.05) is 32.9 Å². The lowest BCUT2D eigenvalue weighted by Gasteiger charge is -2.11. The first kappa shape index (κ1) is 29.2. The third-order valence-electron chi connectivity index (χ3n) is 8.99. The van der Waals surface area contributed by atoms with E-state index in [0.717, 1.165) is 56.3 Å². The predicted octanol–water partition coefficient (Wildman–Crippen LogP) is 11.6.